The first-order valence-corrected chi connectivity index (χ1v) is 5.96. The minimum atomic E-state index is -0.187. The number of hydrogen-bond acceptors (Lipinski definition) is 6. The fraction of sp³-hybridized carbons (Fsp3) is 0.400. The molecule has 0 fully saturated rings. The summed E-state index contributed by atoms with van der Waals surface area (Å²) >= 11 is 0. The maximum absolute atomic E-state index is 9.98. The topological polar surface area (TPSA) is 102 Å². The third kappa shape index (κ3) is 51.7. The van der Waals surface area contributed by atoms with E-state index in [4.69, 9.17) is 0 Å². The standard InChI is InChI=1S/3C5H7O2.V/c3*1-4(6)3-5(2)7;/h3*3H,1-2H3;/q3*-1;. The summed E-state index contributed by atoms with van der Waals surface area (Å²) in [5.74, 6) is -1.12. The Balaban J connectivity index is -0.000000108. The summed E-state index contributed by atoms with van der Waals surface area (Å²) in [5.41, 5.74) is 0. The maximum Gasteiger partial charge on any atom is 0.00219 e. The molecule has 0 aromatic rings. The molecular formula is C15H21O6V-3. The van der Waals surface area contributed by atoms with Gasteiger partial charge in [0.25, 0.3) is 0 Å². The number of carbonyl (C=O) groups excluding carboxylic acids is 6. The summed E-state index contributed by atoms with van der Waals surface area (Å²) in [6, 6.07) is 0. The number of Topliss-reactive ketones (excluding diaryl/α,β-unsaturated/α-hetero) is 6. The van der Waals surface area contributed by atoms with Crippen molar-refractivity contribution in [3.63, 3.8) is 0 Å². The van der Waals surface area contributed by atoms with Crippen LogP contribution in [0, 0.1) is 19.3 Å². The van der Waals surface area contributed by atoms with E-state index in [0.29, 0.717) is 0 Å². The molecule has 0 amide bonds. The van der Waals surface area contributed by atoms with Gasteiger partial charge in [0.2, 0.25) is 0 Å². The van der Waals surface area contributed by atoms with Crippen LogP contribution >= 0.6 is 0 Å². The molecule has 0 aromatic carbocycles. The fourth-order valence-corrected chi connectivity index (χ4v) is 0.859. The number of hydrogen-bond donors (Lipinski definition) is 0. The molecule has 0 bridgehead atoms. The van der Waals surface area contributed by atoms with Crippen LogP contribution in [0.4, 0.5) is 0 Å². The van der Waals surface area contributed by atoms with Gasteiger partial charge in [-0.05, 0) is 41.5 Å². The van der Waals surface area contributed by atoms with Crippen molar-refractivity contribution in [2.75, 3.05) is 0 Å². The quantitative estimate of drug-likeness (QED) is 0.526. The minimum absolute atomic E-state index is 0. The van der Waals surface area contributed by atoms with Crippen molar-refractivity contribution in [3.8, 4) is 0 Å². The van der Waals surface area contributed by atoms with Crippen LogP contribution < -0.4 is 0 Å². The Bertz CT molecular complexity index is 314. The van der Waals surface area contributed by atoms with Crippen LogP contribution in [0.25, 0.3) is 0 Å². The molecule has 0 aliphatic rings. The number of ketones is 6. The molecule has 0 N–H and O–H groups in total. The first kappa shape index (κ1) is 28.4. The van der Waals surface area contributed by atoms with Crippen LogP contribution in [0.3, 0.4) is 0 Å². The maximum atomic E-state index is 9.98. The Labute approximate surface area is 143 Å². The second-order valence-electron chi connectivity index (χ2n) is 4.10. The Morgan fingerprint density at radius 3 is 0.500 bits per heavy atom. The first-order valence-electron chi connectivity index (χ1n) is 5.96. The molecule has 0 unspecified atom stereocenters. The molecule has 0 atom stereocenters. The second-order valence-corrected chi connectivity index (χ2v) is 4.10. The fourth-order valence-electron chi connectivity index (χ4n) is 0.859. The predicted molar refractivity (Wildman–Crippen MR) is 77.0 cm³/mol. The monoisotopic (exact) mass is 348 g/mol. The normalized spacial score (nSPS) is 7.36. The van der Waals surface area contributed by atoms with Gasteiger partial charge in [-0.2, -0.15) is 0 Å². The zero-order chi connectivity index (χ0) is 17.6. The van der Waals surface area contributed by atoms with Gasteiger partial charge in [-0.15, -0.1) is 0 Å². The predicted octanol–water partition coefficient (Wildman–Crippen LogP) is 1.10. The van der Waals surface area contributed by atoms with Crippen molar-refractivity contribution in [1.82, 2.24) is 0 Å². The van der Waals surface area contributed by atoms with Gasteiger partial charge in [0.05, 0.1) is 0 Å². The van der Waals surface area contributed by atoms with Gasteiger partial charge in [0.1, 0.15) is 0 Å². The molecule has 22 heavy (non-hydrogen) atoms. The molecule has 125 valence electrons. The molecule has 0 aliphatic heterocycles. The van der Waals surface area contributed by atoms with Crippen LogP contribution in [0.2, 0.25) is 0 Å². The van der Waals surface area contributed by atoms with E-state index in [9.17, 15) is 28.8 Å². The SMILES string of the molecule is CC(=O)[CH-]C(C)=O.CC(=O)[CH-]C(C)=O.CC(=O)[CH-]C(C)=O.[V]. The molecule has 1 radical (unpaired) electrons. The second kappa shape index (κ2) is 17.3. The van der Waals surface area contributed by atoms with Crippen molar-refractivity contribution in [3.05, 3.63) is 19.3 Å². The molecule has 7 heteroatoms. The summed E-state index contributed by atoms with van der Waals surface area (Å²) < 4.78 is 0. The largest absolute Gasteiger partial charge is 0.334 e. The summed E-state index contributed by atoms with van der Waals surface area (Å²) in [7, 11) is 0. The molecule has 0 spiro atoms. The van der Waals surface area contributed by atoms with E-state index in [2.05, 4.69) is 0 Å². The van der Waals surface area contributed by atoms with Crippen LogP contribution in [-0.2, 0) is 47.3 Å². The molecule has 0 saturated heterocycles. The third-order valence-corrected chi connectivity index (χ3v) is 1.22. The van der Waals surface area contributed by atoms with Gasteiger partial charge in [-0.1, -0.05) is 0 Å². The number of carbonyl (C=O) groups is 6. The molecule has 0 rings (SSSR count). The molecular weight excluding hydrogens is 327 g/mol. The Morgan fingerprint density at radius 1 is 0.409 bits per heavy atom. The summed E-state index contributed by atoms with van der Waals surface area (Å²) in [6.07, 6.45) is 3.17. The minimum Gasteiger partial charge on any atom is -0.334 e. The van der Waals surface area contributed by atoms with Gasteiger partial charge < -0.3 is 28.8 Å². The Hall–Kier alpha value is -1.79. The molecule has 0 aromatic heterocycles. The average molecular weight is 348 g/mol. The summed E-state index contributed by atoms with van der Waals surface area (Å²) in [5, 5.41) is 0. The van der Waals surface area contributed by atoms with Crippen molar-refractivity contribution >= 4 is 34.7 Å². The average Bonchev–Trinajstić information content (AvgIpc) is 2.10. The summed E-state index contributed by atoms with van der Waals surface area (Å²) in [4.78, 5) is 59.9. The third-order valence-electron chi connectivity index (χ3n) is 1.22. The number of rotatable bonds is 6. The van der Waals surface area contributed by atoms with Gasteiger partial charge in [0, 0.05) is 53.3 Å². The molecule has 0 aliphatic carbocycles. The van der Waals surface area contributed by atoms with Crippen molar-refractivity contribution < 1.29 is 47.3 Å². The van der Waals surface area contributed by atoms with Crippen molar-refractivity contribution in [2.45, 2.75) is 41.5 Å². The van der Waals surface area contributed by atoms with Gasteiger partial charge in [-0.25, -0.2) is 0 Å². The van der Waals surface area contributed by atoms with Crippen LogP contribution in [0.5, 0.6) is 0 Å². The van der Waals surface area contributed by atoms with Crippen molar-refractivity contribution in [2.24, 2.45) is 0 Å². The van der Waals surface area contributed by atoms with E-state index in [1.807, 2.05) is 0 Å². The van der Waals surface area contributed by atoms with Gasteiger partial charge >= 0.3 is 0 Å². The molecule has 0 heterocycles. The smallest absolute Gasteiger partial charge is 0.00219 e. The Morgan fingerprint density at radius 2 is 0.500 bits per heavy atom. The van der Waals surface area contributed by atoms with E-state index in [1.54, 1.807) is 0 Å². The van der Waals surface area contributed by atoms with Gasteiger partial charge in [0.15, 0.2) is 0 Å². The van der Waals surface area contributed by atoms with E-state index in [1.165, 1.54) is 41.5 Å². The Kier molecular flexibility index (Phi) is 22.3. The summed E-state index contributed by atoms with van der Waals surface area (Å²) in [6.45, 7) is 8.09. The van der Waals surface area contributed by atoms with Gasteiger partial charge in [-0.3, -0.25) is 19.3 Å². The van der Waals surface area contributed by atoms with E-state index >= 15 is 0 Å². The molecule has 0 saturated carbocycles. The van der Waals surface area contributed by atoms with Crippen LogP contribution in [-0.4, -0.2) is 34.7 Å². The first-order chi connectivity index (χ1) is 9.38. The zero-order valence-electron chi connectivity index (χ0n) is 13.6. The molecule has 6 nitrogen and oxygen atoms in total. The van der Waals surface area contributed by atoms with E-state index < -0.39 is 0 Å². The van der Waals surface area contributed by atoms with Crippen molar-refractivity contribution in [1.29, 1.82) is 0 Å². The van der Waals surface area contributed by atoms with E-state index in [0.717, 1.165) is 19.3 Å². The zero-order valence-corrected chi connectivity index (χ0v) is 15.0. The van der Waals surface area contributed by atoms with Crippen LogP contribution in [0.15, 0.2) is 0 Å². The van der Waals surface area contributed by atoms with Crippen LogP contribution in [0.1, 0.15) is 41.5 Å². The van der Waals surface area contributed by atoms with E-state index in [-0.39, 0.29) is 53.3 Å².